The van der Waals surface area contributed by atoms with Crippen molar-refractivity contribution in [3.05, 3.63) is 69.2 Å². The molecule has 0 radical (unpaired) electrons. The number of carbonyl (C=O) groups excluding carboxylic acids is 2. The maximum Gasteiger partial charge on any atom is 0.422 e. The fourth-order valence-electron chi connectivity index (χ4n) is 4.64. The molecule has 2 amide bonds. The molecule has 3 aromatic rings. The maximum atomic E-state index is 13.5. The summed E-state index contributed by atoms with van der Waals surface area (Å²) in [7, 11) is 0. The smallest absolute Gasteiger partial charge is 0.422 e. The number of aromatic nitrogens is 2. The number of amides is 2. The SMILES string of the molecule is O=C1N=C(N2CCCN(C(=O)OCC(F)(F)F)CC2)SC1=Cc1ccc2c(cnn2Cc2ccc(Cl)cc2C(F)(F)F)c1. The van der Waals surface area contributed by atoms with Gasteiger partial charge < -0.3 is 14.5 Å². The molecule has 0 N–H and O–H groups in total. The molecule has 16 heteroatoms. The summed E-state index contributed by atoms with van der Waals surface area (Å²) in [6.07, 6.45) is -6.65. The fraction of sp³-hybridized carbons (Fsp3) is 0.333. The zero-order valence-corrected chi connectivity index (χ0v) is 23.7. The summed E-state index contributed by atoms with van der Waals surface area (Å²) in [6.45, 7) is -0.803. The molecule has 1 aromatic heterocycles. The summed E-state index contributed by atoms with van der Waals surface area (Å²) in [6, 6.07) is 8.75. The number of thioether (sulfide) groups is 1. The van der Waals surface area contributed by atoms with E-state index in [0.29, 0.717) is 39.5 Å². The number of benzene rings is 2. The van der Waals surface area contributed by atoms with Gasteiger partial charge in [-0.3, -0.25) is 9.48 Å². The summed E-state index contributed by atoms with van der Waals surface area (Å²) in [5.41, 5.74) is 0.420. The average molecular weight is 646 g/mol. The summed E-state index contributed by atoms with van der Waals surface area (Å²) in [5, 5.41) is 5.30. The molecule has 1 fully saturated rings. The molecule has 43 heavy (non-hydrogen) atoms. The molecule has 0 bridgehead atoms. The highest BCUT2D eigenvalue weighted by atomic mass is 35.5. The van der Waals surface area contributed by atoms with Crippen LogP contribution in [0.15, 0.2) is 52.5 Å². The number of fused-ring (bicyclic) bond motifs is 1. The Labute approximate surface area is 249 Å². The Bertz CT molecular complexity index is 1620. The Morgan fingerprint density at radius 1 is 1.05 bits per heavy atom. The summed E-state index contributed by atoms with van der Waals surface area (Å²) in [5.74, 6) is -0.469. The molecule has 2 aliphatic heterocycles. The van der Waals surface area contributed by atoms with Crippen molar-refractivity contribution in [2.24, 2.45) is 4.99 Å². The van der Waals surface area contributed by atoms with E-state index in [4.69, 9.17) is 11.6 Å². The minimum absolute atomic E-state index is 0.0144. The Hall–Kier alpha value is -3.72. The van der Waals surface area contributed by atoms with E-state index < -0.39 is 36.5 Å². The molecule has 2 aliphatic rings. The number of hydrogen-bond donors (Lipinski definition) is 0. The van der Waals surface area contributed by atoms with Gasteiger partial charge in [0.05, 0.1) is 28.7 Å². The van der Waals surface area contributed by atoms with Crippen LogP contribution in [-0.4, -0.2) is 75.7 Å². The first-order chi connectivity index (χ1) is 20.3. The third-order valence-electron chi connectivity index (χ3n) is 6.65. The van der Waals surface area contributed by atoms with E-state index in [0.717, 1.165) is 17.8 Å². The van der Waals surface area contributed by atoms with Crippen molar-refractivity contribution >= 4 is 57.5 Å². The van der Waals surface area contributed by atoms with E-state index in [-0.39, 0.29) is 36.8 Å². The number of nitrogens with zero attached hydrogens (tertiary/aromatic N) is 5. The zero-order chi connectivity index (χ0) is 30.9. The second-order valence-electron chi connectivity index (χ2n) is 9.73. The van der Waals surface area contributed by atoms with Crippen LogP contribution in [0.5, 0.6) is 0 Å². The largest absolute Gasteiger partial charge is 0.440 e. The zero-order valence-electron chi connectivity index (χ0n) is 22.1. The van der Waals surface area contributed by atoms with Crippen LogP contribution in [-0.2, 0) is 22.3 Å². The first-order valence-corrected chi connectivity index (χ1v) is 14.0. The predicted molar refractivity (Wildman–Crippen MR) is 148 cm³/mol. The number of amidine groups is 1. The standard InChI is InChI=1S/C27H22ClF6N5O3S/c28-19-4-3-17(20(12-19)27(32,33)34)14-39-21-5-2-16(10-18(21)13-35-39)11-22-23(40)36-24(43-22)37-6-1-7-38(9-8-37)25(41)42-15-26(29,30)31/h2-5,10-13H,1,6-9,14-15H2. The molecule has 3 heterocycles. The highest BCUT2D eigenvalue weighted by molar-refractivity contribution is 8.18. The van der Waals surface area contributed by atoms with Gasteiger partial charge in [0.15, 0.2) is 11.8 Å². The molecular weight excluding hydrogens is 624 g/mol. The van der Waals surface area contributed by atoms with Gasteiger partial charge in [-0.2, -0.15) is 36.4 Å². The molecule has 228 valence electrons. The normalized spacial score (nSPS) is 17.5. The number of carbonyl (C=O) groups is 2. The van der Waals surface area contributed by atoms with E-state index in [1.54, 1.807) is 29.2 Å². The number of hydrogen-bond acceptors (Lipinski definition) is 6. The minimum atomic E-state index is -4.62. The number of rotatable bonds is 4. The lowest BCUT2D eigenvalue weighted by Gasteiger charge is -2.22. The molecular formula is C27H22ClF6N5O3S. The van der Waals surface area contributed by atoms with Crippen LogP contribution in [0.4, 0.5) is 31.1 Å². The van der Waals surface area contributed by atoms with E-state index in [1.165, 1.54) is 27.9 Å². The Balaban J connectivity index is 1.25. The third-order valence-corrected chi connectivity index (χ3v) is 7.93. The summed E-state index contributed by atoms with van der Waals surface area (Å²) < 4.78 is 83.5. The Morgan fingerprint density at radius 3 is 2.58 bits per heavy atom. The quantitative estimate of drug-likeness (QED) is 0.240. The van der Waals surface area contributed by atoms with Gasteiger partial charge >= 0.3 is 18.4 Å². The van der Waals surface area contributed by atoms with Crippen LogP contribution in [0.2, 0.25) is 5.02 Å². The van der Waals surface area contributed by atoms with Gasteiger partial charge in [0.1, 0.15) is 0 Å². The van der Waals surface area contributed by atoms with E-state index >= 15 is 0 Å². The number of aliphatic imine (C=N–C) groups is 1. The fourth-order valence-corrected chi connectivity index (χ4v) is 5.78. The van der Waals surface area contributed by atoms with E-state index in [2.05, 4.69) is 14.8 Å². The highest BCUT2D eigenvalue weighted by Crippen LogP contribution is 2.35. The number of halogens is 7. The second kappa shape index (κ2) is 12.1. The molecule has 0 spiro atoms. The number of alkyl halides is 6. The number of ether oxygens (including phenoxy) is 1. The van der Waals surface area contributed by atoms with E-state index in [9.17, 15) is 35.9 Å². The van der Waals surface area contributed by atoms with Crippen molar-refractivity contribution in [3.63, 3.8) is 0 Å². The molecule has 2 aromatic carbocycles. The van der Waals surface area contributed by atoms with Crippen molar-refractivity contribution in [1.82, 2.24) is 19.6 Å². The van der Waals surface area contributed by atoms with Crippen molar-refractivity contribution in [2.45, 2.75) is 25.3 Å². The second-order valence-corrected chi connectivity index (χ2v) is 11.2. The monoisotopic (exact) mass is 645 g/mol. The van der Waals surface area contributed by atoms with E-state index in [1.807, 2.05) is 0 Å². The van der Waals surface area contributed by atoms with Crippen molar-refractivity contribution in [3.8, 4) is 0 Å². The van der Waals surface area contributed by atoms with Crippen molar-refractivity contribution in [2.75, 3.05) is 32.8 Å². The maximum absolute atomic E-state index is 13.5. The van der Waals surface area contributed by atoms with Crippen LogP contribution in [0.1, 0.15) is 23.1 Å². The highest BCUT2D eigenvalue weighted by Gasteiger charge is 2.34. The first-order valence-electron chi connectivity index (χ1n) is 12.8. The Morgan fingerprint density at radius 2 is 1.84 bits per heavy atom. The molecule has 0 aliphatic carbocycles. The molecule has 0 unspecified atom stereocenters. The van der Waals surface area contributed by atoms with Crippen LogP contribution < -0.4 is 0 Å². The lowest BCUT2D eigenvalue weighted by molar-refractivity contribution is -0.162. The molecule has 0 atom stereocenters. The van der Waals surface area contributed by atoms with Gasteiger partial charge in [0.2, 0.25) is 0 Å². The van der Waals surface area contributed by atoms with Gasteiger partial charge in [0, 0.05) is 36.6 Å². The molecule has 1 saturated heterocycles. The lowest BCUT2D eigenvalue weighted by Crippen LogP contribution is -2.37. The van der Waals surface area contributed by atoms with Crippen molar-refractivity contribution < 1.29 is 40.7 Å². The topological polar surface area (TPSA) is 80.0 Å². The summed E-state index contributed by atoms with van der Waals surface area (Å²) >= 11 is 6.92. The average Bonchev–Trinajstić information content (AvgIpc) is 3.39. The molecule has 8 nitrogen and oxygen atoms in total. The predicted octanol–water partition coefficient (Wildman–Crippen LogP) is 6.43. The lowest BCUT2D eigenvalue weighted by atomic mass is 10.1. The summed E-state index contributed by atoms with van der Waals surface area (Å²) in [4.78, 5) is 32.1. The van der Waals surface area contributed by atoms with Crippen LogP contribution >= 0.6 is 23.4 Å². The van der Waals surface area contributed by atoms with Gasteiger partial charge in [-0.05, 0) is 59.7 Å². The van der Waals surface area contributed by atoms with Gasteiger partial charge in [-0.15, -0.1) is 0 Å². The van der Waals surface area contributed by atoms with Gasteiger partial charge in [0.25, 0.3) is 5.91 Å². The Kier molecular flexibility index (Phi) is 8.65. The van der Waals surface area contributed by atoms with Crippen LogP contribution in [0, 0.1) is 0 Å². The minimum Gasteiger partial charge on any atom is -0.440 e. The first kappa shape index (κ1) is 30.7. The van der Waals surface area contributed by atoms with Crippen LogP contribution in [0.25, 0.3) is 17.0 Å². The van der Waals surface area contributed by atoms with Gasteiger partial charge in [-0.1, -0.05) is 23.7 Å². The van der Waals surface area contributed by atoms with Crippen LogP contribution in [0.3, 0.4) is 0 Å². The van der Waals surface area contributed by atoms with Gasteiger partial charge in [-0.25, -0.2) is 4.79 Å². The molecule has 5 rings (SSSR count). The third kappa shape index (κ3) is 7.44. The molecule has 0 saturated carbocycles. The van der Waals surface area contributed by atoms with Crippen molar-refractivity contribution in [1.29, 1.82) is 0 Å².